The third-order valence-electron chi connectivity index (χ3n) is 5.47. The number of aliphatic carboxylic acids is 1. The lowest BCUT2D eigenvalue weighted by Gasteiger charge is -2.16. The van der Waals surface area contributed by atoms with Crippen LogP contribution < -0.4 is 0 Å². The van der Waals surface area contributed by atoms with Crippen LogP contribution in [0.1, 0.15) is 136 Å². The van der Waals surface area contributed by atoms with Crippen molar-refractivity contribution >= 4 is 11.9 Å². The normalized spacial score (nSPS) is 12.3. The fraction of sp³-hybridized carbons (Fsp3) is 0.846. The van der Waals surface area contributed by atoms with E-state index in [9.17, 15) is 9.59 Å². The number of carbonyl (C=O) groups excluding carboxylic acids is 1. The van der Waals surface area contributed by atoms with Gasteiger partial charge in [0.2, 0.25) is 0 Å². The van der Waals surface area contributed by atoms with Crippen LogP contribution >= 0.6 is 0 Å². The summed E-state index contributed by atoms with van der Waals surface area (Å²) in [6.07, 6.45) is 23.7. The Morgan fingerprint density at radius 3 is 1.80 bits per heavy atom. The molecule has 1 unspecified atom stereocenters. The Morgan fingerprint density at radius 1 is 0.733 bits per heavy atom. The molecule has 0 aromatic carbocycles. The summed E-state index contributed by atoms with van der Waals surface area (Å²) in [5, 5.41) is 9.09. The molecule has 0 aliphatic carbocycles. The van der Waals surface area contributed by atoms with Crippen LogP contribution in [0.5, 0.6) is 0 Å². The van der Waals surface area contributed by atoms with Crippen LogP contribution in [0.15, 0.2) is 12.2 Å². The molecule has 1 atom stereocenters. The zero-order valence-corrected chi connectivity index (χ0v) is 19.8. The molecular weight excluding hydrogens is 376 g/mol. The Balaban J connectivity index is 3.82. The number of esters is 1. The molecule has 0 aromatic heterocycles. The molecule has 0 fully saturated rings. The zero-order chi connectivity index (χ0) is 22.3. The molecule has 4 heteroatoms. The van der Waals surface area contributed by atoms with Gasteiger partial charge in [-0.15, -0.1) is 0 Å². The molecule has 0 amide bonds. The topological polar surface area (TPSA) is 63.6 Å². The molecule has 30 heavy (non-hydrogen) atoms. The van der Waals surface area contributed by atoms with E-state index in [0.29, 0.717) is 12.8 Å². The lowest BCUT2D eigenvalue weighted by molar-refractivity contribution is -0.153. The summed E-state index contributed by atoms with van der Waals surface area (Å²) in [6, 6.07) is 0. The average Bonchev–Trinajstić information content (AvgIpc) is 2.70. The fourth-order valence-electron chi connectivity index (χ4n) is 3.60. The molecule has 0 aromatic rings. The van der Waals surface area contributed by atoms with Gasteiger partial charge >= 0.3 is 11.9 Å². The summed E-state index contributed by atoms with van der Waals surface area (Å²) in [6.45, 7) is 4.44. The number of rotatable bonds is 22. The molecule has 0 saturated carbocycles. The second kappa shape index (κ2) is 22.4. The fourth-order valence-corrected chi connectivity index (χ4v) is 3.60. The molecule has 176 valence electrons. The third-order valence-corrected chi connectivity index (χ3v) is 5.47. The van der Waals surface area contributed by atoms with E-state index in [1.807, 2.05) is 0 Å². The highest BCUT2D eigenvalue weighted by Crippen LogP contribution is 2.15. The monoisotopic (exact) mass is 424 g/mol. The third kappa shape index (κ3) is 21.4. The van der Waals surface area contributed by atoms with Crippen LogP contribution in [0.2, 0.25) is 0 Å². The maximum absolute atomic E-state index is 12.0. The first-order valence-corrected chi connectivity index (χ1v) is 12.7. The van der Waals surface area contributed by atoms with Crippen molar-refractivity contribution in [2.45, 2.75) is 142 Å². The van der Waals surface area contributed by atoms with Gasteiger partial charge in [0, 0.05) is 6.42 Å². The van der Waals surface area contributed by atoms with Gasteiger partial charge in [-0.3, -0.25) is 9.59 Å². The van der Waals surface area contributed by atoms with Crippen molar-refractivity contribution in [3.63, 3.8) is 0 Å². The summed E-state index contributed by atoms with van der Waals surface area (Å²) < 4.78 is 5.46. The van der Waals surface area contributed by atoms with Gasteiger partial charge in [-0.1, -0.05) is 90.2 Å². The van der Waals surface area contributed by atoms with Gasteiger partial charge < -0.3 is 9.84 Å². The van der Waals surface area contributed by atoms with Gasteiger partial charge in [0.05, 0.1) is 6.42 Å². The van der Waals surface area contributed by atoms with E-state index in [1.165, 1.54) is 64.2 Å². The van der Waals surface area contributed by atoms with Gasteiger partial charge in [-0.2, -0.15) is 0 Å². The van der Waals surface area contributed by atoms with Gasteiger partial charge in [0.1, 0.15) is 6.10 Å². The Hall–Kier alpha value is -1.32. The molecule has 1 N–H and O–H groups in total. The molecule has 0 heterocycles. The molecule has 0 radical (unpaired) electrons. The van der Waals surface area contributed by atoms with Crippen molar-refractivity contribution in [1.82, 2.24) is 0 Å². The van der Waals surface area contributed by atoms with Crippen LogP contribution in [0.25, 0.3) is 0 Å². The number of carboxylic acid groups (broad SMARTS) is 1. The second-order valence-electron chi connectivity index (χ2n) is 8.54. The SMILES string of the molecule is CCCCCC/C=C\CCCCCC(CC(=O)O)OC(=O)CCCCCCCCC. The van der Waals surface area contributed by atoms with Gasteiger partial charge in [-0.25, -0.2) is 0 Å². The van der Waals surface area contributed by atoms with Crippen LogP contribution in [-0.2, 0) is 14.3 Å². The van der Waals surface area contributed by atoms with Crippen molar-refractivity contribution in [2.24, 2.45) is 0 Å². The quantitative estimate of drug-likeness (QED) is 0.109. The van der Waals surface area contributed by atoms with Gasteiger partial charge in [0.15, 0.2) is 0 Å². The van der Waals surface area contributed by atoms with E-state index in [4.69, 9.17) is 9.84 Å². The summed E-state index contributed by atoms with van der Waals surface area (Å²) in [5.41, 5.74) is 0. The smallest absolute Gasteiger partial charge is 0.307 e. The predicted molar refractivity (Wildman–Crippen MR) is 126 cm³/mol. The number of ether oxygens (including phenoxy) is 1. The lowest BCUT2D eigenvalue weighted by Crippen LogP contribution is -2.21. The van der Waals surface area contributed by atoms with Crippen molar-refractivity contribution in [1.29, 1.82) is 0 Å². The van der Waals surface area contributed by atoms with Crippen molar-refractivity contribution < 1.29 is 19.4 Å². The van der Waals surface area contributed by atoms with E-state index in [1.54, 1.807) is 0 Å². The summed E-state index contributed by atoms with van der Waals surface area (Å²) in [5.74, 6) is -1.13. The first-order chi connectivity index (χ1) is 14.6. The number of unbranched alkanes of at least 4 members (excludes halogenated alkanes) is 13. The molecule has 0 spiro atoms. The predicted octanol–water partition coefficient (Wildman–Crippen LogP) is 7.99. The highest BCUT2D eigenvalue weighted by atomic mass is 16.5. The minimum absolute atomic E-state index is 0.0829. The maximum Gasteiger partial charge on any atom is 0.307 e. The first-order valence-electron chi connectivity index (χ1n) is 12.7. The Bertz CT molecular complexity index is 431. The molecular formula is C26H48O4. The van der Waals surface area contributed by atoms with Gasteiger partial charge in [-0.05, 0) is 44.9 Å². The Morgan fingerprint density at radius 2 is 1.23 bits per heavy atom. The number of carboxylic acids is 1. The first kappa shape index (κ1) is 28.7. The van der Waals surface area contributed by atoms with E-state index in [2.05, 4.69) is 26.0 Å². The second-order valence-corrected chi connectivity index (χ2v) is 8.54. The number of hydrogen-bond donors (Lipinski definition) is 1. The number of carbonyl (C=O) groups is 2. The lowest BCUT2D eigenvalue weighted by atomic mass is 10.1. The maximum atomic E-state index is 12.0. The molecule has 0 saturated heterocycles. The molecule has 0 aliphatic rings. The van der Waals surface area contributed by atoms with E-state index in [0.717, 1.165) is 38.5 Å². The highest BCUT2D eigenvalue weighted by Gasteiger charge is 2.17. The van der Waals surface area contributed by atoms with E-state index >= 15 is 0 Å². The van der Waals surface area contributed by atoms with Crippen LogP contribution in [-0.4, -0.2) is 23.1 Å². The van der Waals surface area contributed by atoms with Crippen LogP contribution in [0.4, 0.5) is 0 Å². The van der Waals surface area contributed by atoms with Crippen molar-refractivity contribution in [2.75, 3.05) is 0 Å². The van der Waals surface area contributed by atoms with Crippen molar-refractivity contribution in [3.05, 3.63) is 12.2 Å². The van der Waals surface area contributed by atoms with Crippen LogP contribution in [0, 0.1) is 0 Å². The standard InChI is InChI=1S/C26H48O4/c1-3-5-7-9-11-12-13-14-16-17-19-21-24(23-25(27)28)30-26(29)22-20-18-15-10-8-6-4-2/h12-13,24H,3-11,14-23H2,1-2H3,(H,27,28)/b13-12-. The van der Waals surface area contributed by atoms with Gasteiger partial charge in [0.25, 0.3) is 0 Å². The minimum Gasteiger partial charge on any atom is -0.481 e. The summed E-state index contributed by atoms with van der Waals surface area (Å²) in [4.78, 5) is 23.1. The largest absolute Gasteiger partial charge is 0.481 e. The zero-order valence-electron chi connectivity index (χ0n) is 19.8. The number of allylic oxidation sites excluding steroid dienone is 2. The molecule has 0 aliphatic heterocycles. The molecule has 0 rings (SSSR count). The molecule has 0 bridgehead atoms. The van der Waals surface area contributed by atoms with Crippen molar-refractivity contribution in [3.8, 4) is 0 Å². The minimum atomic E-state index is -0.894. The summed E-state index contributed by atoms with van der Waals surface area (Å²) >= 11 is 0. The number of hydrogen-bond acceptors (Lipinski definition) is 3. The van der Waals surface area contributed by atoms with Crippen LogP contribution in [0.3, 0.4) is 0 Å². The molecule has 4 nitrogen and oxygen atoms in total. The van der Waals surface area contributed by atoms with E-state index in [-0.39, 0.29) is 12.4 Å². The average molecular weight is 425 g/mol. The highest BCUT2D eigenvalue weighted by molar-refractivity contribution is 5.71. The van der Waals surface area contributed by atoms with E-state index < -0.39 is 12.1 Å². The summed E-state index contributed by atoms with van der Waals surface area (Å²) in [7, 11) is 0. The Labute approximate surface area is 185 Å². The Kier molecular flexibility index (Phi) is 21.4.